The third-order valence-corrected chi connectivity index (χ3v) is 7.19. The Hall–Kier alpha value is 1.19. The summed E-state index contributed by atoms with van der Waals surface area (Å²) in [5.74, 6) is 1.82. The van der Waals surface area contributed by atoms with E-state index in [1.807, 2.05) is 0 Å². The van der Waals surface area contributed by atoms with Gasteiger partial charge in [-0.1, -0.05) is 12.1 Å². The van der Waals surface area contributed by atoms with Crippen LogP contribution in [0, 0.1) is 0 Å². The molecule has 4 nitrogen and oxygen atoms in total. The lowest BCUT2D eigenvalue weighted by Gasteiger charge is -2.35. The van der Waals surface area contributed by atoms with Gasteiger partial charge in [-0.3, -0.25) is 4.81 Å². The van der Waals surface area contributed by atoms with E-state index in [-0.39, 0.29) is 0 Å². The van der Waals surface area contributed by atoms with E-state index in [9.17, 15) is 0 Å². The Labute approximate surface area is 150 Å². The van der Waals surface area contributed by atoms with Gasteiger partial charge in [0.15, 0.2) is 11.5 Å². The molecular weight excluding hydrogens is 518 g/mol. The summed E-state index contributed by atoms with van der Waals surface area (Å²) < 4.78 is 14.3. The number of halogens is 2. The highest BCUT2D eigenvalue weighted by molar-refractivity contribution is 14.2. The lowest BCUT2D eigenvalue weighted by molar-refractivity contribution is 0.137. The van der Waals surface area contributed by atoms with Crippen molar-refractivity contribution < 1.29 is 9.47 Å². The first-order valence-electron chi connectivity index (χ1n) is 6.06. The number of benzene rings is 1. The van der Waals surface area contributed by atoms with E-state index >= 15 is 0 Å². The summed E-state index contributed by atoms with van der Waals surface area (Å²) in [6.45, 7) is 2.87. The van der Waals surface area contributed by atoms with Gasteiger partial charge in [0.25, 0.3) is 0 Å². The lowest BCUT2D eigenvalue weighted by atomic mass is 10.0. The fourth-order valence-electron chi connectivity index (χ4n) is 2.28. The summed E-state index contributed by atoms with van der Waals surface area (Å²) in [5.41, 5.74) is 1.71. The Bertz CT molecular complexity index is 479. The van der Waals surface area contributed by atoms with Crippen LogP contribution in [0.3, 0.4) is 0 Å². The quantitative estimate of drug-likeness (QED) is 0.334. The molecule has 20 heavy (non-hydrogen) atoms. The van der Waals surface area contributed by atoms with E-state index in [1.165, 1.54) is 5.56 Å². The average Bonchev–Trinajstić information content (AvgIpc) is 2.45. The zero-order valence-electron chi connectivity index (χ0n) is 10.6. The van der Waals surface area contributed by atoms with E-state index in [1.54, 1.807) is 0 Å². The van der Waals surface area contributed by atoms with E-state index in [4.69, 9.17) is 17.0 Å². The number of fused-ring (bicyclic) bond motifs is 3. The highest BCUT2D eigenvalue weighted by Gasteiger charge is 2.29. The van der Waals surface area contributed by atoms with E-state index < -0.39 is 5.59 Å². The first-order valence-corrected chi connectivity index (χ1v) is 12.1. The van der Waals surface area contributed by atoms with Gasteiger partial charge in [-0.25, -0.2) is 4.67 Å². The molecule has 2 atom stereocenters. The monoisotopic (exact) mass is 530 g/mol. The van der Waals surface area contributed by atoms with Crippen LogP contribution < -0.4 is 9.47 Å². The maximum absolute atomic E-state index is 5.97. The van der Waals surface area contributed by atoms with Crippen LogP contribution in [0.4, 0.5) is 0 Å². The van der Waals surface area contributed by atoms with Crippen LogP contribution >= 0.6 is 59.1 Å². The molecule has 0 aromatic heterocycles. The minimum absolute atomic E-state index is 0.369. The molecule has 3 rings (SSSR count). The molecule has 104 valence electrons. The molecule has 0 amide bonds. The number of hydrogen-bond donors (Lipinski definition) is 0. The Kier molecular flexibility index (Phi) is 5.42. The summed E-state index contributed by atoms with van der Waals surface area (Å²) in [6, 6.07) is 4.27. The summed E-state index contributed by atoms with van der Waals surface area (Å²) in [4.78, 5) is 2.25. The average molecular weight is 530 g/mol. The summed E-state index contributed by atoms with van der Waals surface area (Å²) in [5, 5.41) is 0. The van der Waals surface area contributed by atoms with Gasteiger partial charge >= 0.3 is 4.42 Å². The standard InChI is InChI=1S/C10H12B2I2N2O2P2/c11-20(14)16-4-8-2-1-7-3-15(12(13)19)5-17-9(7)10(8)18-6-16/h1-2H,3-6,19H2. The van der Waals surface area contributed by atoms with Crippen molar-refractivity contribution in [2.24, 2.45) is 0 Å². The second-order valence-electron chi connectivity index (χ2n) is 4.66. The van der Waals surface area contributed by atoms with E-state index in [0.717, 1.165) is 30.2 Å². The maximum Gasteiger partial charge on any atom is 0.322 e. The van der Waals surface area contributed by atoms with Gasteiger partial charge in [0.05, 0.1) is 0 Å². The van der Waals surface area contributed by atoms with Crippen LogP contribution in [0.5, 0.6) is 11.5 Å². The van der Waals surface area contributed by atoms with Crippen LogP contribution in [-0.4, -0.2) is 34.9 Å². The van der Waals surface area contributed by atoms with Crippen molar-refractivity contribution in [3.63, 3.8) is 0 Å². The van der Waals surface area contributed by atoms with Crippen molar-refractivity contribution in [3.8, 4) is 11.5 Å². The molecule has 0 spiro atoms. The molecule has 0 aliphatic carbocycles. The minimum Gasteiger partial charge on any atom is -0.475 e. The van der Waals surface area contributed by atoms with Crippen LogP contribution in [-0.2, 0) is 13.1 Å². The number of rotatable bonds is 2. The topological polar surface area (TPSA) is 24.9 Å². The first kappa shape index (κ1) is 16.1. The lowest BCUT2D eigenvalue weighted by Crippen LogP contribution is -2.37. The van der Waals surface area contributed by atoms with Crippen molar-refractivity contribution in [2.75, 3.05) is 13.5 Å². The van der Waals surface area contributed by atoms with Gasteiger partial charge in [0, 0.05) is 24.2 Å². The molecule has 0 bridgehead atoms. The molecule has 1 aromatic rings. The Morgan fingerprint density at radius 3 is 2.40 bits per heavy atom. The molecule has 2 unspecified atom stereocenters. The molecule has 2 aliphatic heterocycles. The molecule has 0 saturated carbocycles. The van der Waals surface area contributed by atoms with Crippen LogP contribution in [0.25, 0.3) is 0 Å². The Morgan fingerprint density at radius 2 is 1.80 bits per heavy atom. The number of hydrogen-bond acceptors (Lipinski definition) is 4. The van der Waals surface area contributed by atoms with E-state index in [2.05, 4.69) is 75.1 Å². The minimum atomic E-state index is -0.645. The zero-order valence-corrected chi connectivity index (χ0v) is 17.0. The fourth-order valence-corrected chi connectivity index (χ4v) is 4.12. The third-order valence-electron chi connectivity index (χ3n) is 3.35. The van der Waals surface area contributed by atoms with Crippen LogP contribution in [0.15, 0.2) is 12.1 Å². The first-order chi connectivity index (χ1) is 9.56. The molecule has 2 radical (unpaired) electrons. The number of nitrogens with zero attached hydrogens (tertiary/aromatic N) is 2. The highest BCUT2D eigenvalue weighted by atomic mass is 127. The maximum atomic E-state index is 5.97. The molecule has 2 aliphatic rings. The molecular formula is C10H12B2I2N2O2P2. The fraction of sp³-hybridized carbons (Fsp3) is 0.400. The zero-order chi connectivity index (χ0) is 14.3. The van der Waals surface area contributed by atoms with Gasteiger partial charge in [0.1, 0.15) is 21.0 Å². The van der Waals surface area contributed by atoms with Crippen molar-refractivity contribution >= 4 is 71.1 Å². The van der Waals surface area contributed by atoms with Gasteiger partial charge in [-0.15, -0.1) is 31.5 Å². The molecule has 2 heterocycles. The Morgan fingerprint density at radius 1 is 1.20 bits per heavy atom. The smallest absolute Gasteiger partial charge is 0.322 e. The summed E-state index contributed by atoms with van der Waals surface area (Å²) >= 11 is 4.63. The van der Waals surface area contributed by atoms with Crippen molar-refractivity contribution in [3.05, 3.63) is 23.3 Å². The van der Waals surface area contributed by atoms with Crippen LogP contribution in [0.2, 0.25) is 0 Å². The van der Waals surface area contributed by atoms with Gasteiger partial charge in [-0.05, 0) is 27.6 Å². The van der Waals surface area contributed by atoms with Crippen molar-refractivity contribution in [1.82, 2.24) is 9.48 Å². The molecule has 0 fully saturated rings. The largest absolute Gasteiger partial charge is 0.475 e. The summed E-state index contributed by atoms with van der Waals surface area (Å²) in [7, 11) is 8.76. The third kappa shape index (κ3) is 3.25. The van der Waals surface area contributed by atoms with Gasteiger partial charge in [0.2, 0.25) is 0 Å². The second-order valence-corrected chi connectivity index (χ2v) is 12.0. The highest BCUT2D eigenvalue weighted by Crippen LogP contribution is 2.49. The Balaban J connectivity index is 1.87. The van der Waals surface area contributed by atoms with Crippen molar-refractivity contribution in [1.29, 1.82) is 0 Å². The normalized spacial score (nSPS) is 20.4. The molecule has 0 saturated heterocycles. The van der Waals surface area contributed by atoms with Crippen LogP contribution in [0.1, 0.15) is 11.1 Å². The predicted octanol–water partition coefficient (Wildman–Crippen LogP) is 3.12. The van der Waals surface area contributed by atoms with Crippen molar-refractivity contribution in [2.45, 2.75) is 13.1 Å². The molecule has 1 aromatic carbocycles. The van der Waals surface area contributed by atoms with Gasteiger partial charge < -0.3 is 9.47 Å². The van der Waals surface area contributed by atoms with Gasteiger partial charge in [-0.2, -0.15) is 0 Å². The summed E-state index contributed by atoms with van der Waals surface area (Å²) in [6.07, 6.45) is 0. The SMILES string of the molecule is [B]P(I)N1COc2c(ccc3c2OCN(B(P)I)C3)C1. The predicted molar refractivity (Wildman–Crippen MR) is 105 cm³/mol. The van der Waals surface area contributed by atoms with E-state index in [0.29, 0.717) is 17.9 Å². The number of ether oxygens (including phenoxy) is 2. The second kappa shape index (κ2) is 6.75. The molecule has 0 N–H and O–H groups in total. The molecule has 10 heteroatoms.